The second kappa shape index (κ2) is 4.49. The third-order valence-corrected chi connectivity index (χ3v) is 3.06. The van der Waals surface area contributed by atoms with Crippen LogP contribution in [0.25, 0.3) is 16.5 Å². The number of hydrogen-bond donors (Lipinski definition) is 0. The van der Waals surface area contributed by atoms with E-state index in [0.29, 0.717) is 0 Å². The van der Waals surface area contributed by atoms with E-state index < -0.39 is 0 Å². The Balaban J connectivity index is 2.22. The number of hydrogen-bond acceptors (Lipinski definition) is 1. The van der Waals surface area contributed by atoms with Crippen molar-refractivity contribution in [3.05, 3.63) is 67.0 Å². The van der Waals surface area contributed by atoms with Crippen molar-refractivity contribution in [3.8, 4) is 11.4 Å². The number of aromatic nitrogens is 1. The predicted octanol–water partition coefficient (Wildman–Crippen LogP) is 3.13. The topological polar surface area (TPSA) is 13.1 Å². The highest BCUT2D eigenvalue weighted by Crippen LogP contribution is 2.23. The zero-order valence-electron chi connectivity index (χ0n) is 10.2. The summed E-state index contributed by atoms with van der Waals surface area (Å²) in [6.07, 6.45) is 4.17. The van der Waals surface area contributed by atoms with Gasteiger partial charge >= 0.3 is 0 Å². The Morgan fingerprint density at radius 1 is 0.889 bits per heavy atom. The fraction of sp³-hybridized carbons (Fsp3) is 0.0625. The molecule has 0 spiro atoms. The molecule has 2 nitrogen and oxygen atoms in total. The van der Waals surface area contributed by atoms with Crippen molar-refractivity contribution in [2.75, 3.05) is 7.11 Å². The zero-order chi connectivity index (χ0) is 12.4. The fourth-order valence-electron chi connectivity index (χ4n) is 2.13. The maximum atomic E-state index is 5.40. The molecule has 0 bridgehead atoms. The lowest BCUT2D eigenvalue weighted by Gasteiger charge is -2.03. The highest BCUT2D eigenvalue weighted by molar-refractivity contribution is 5.86. The van der Waals surface area contributed by atoms with Crippen LogP contribution in [0.1, 0.15) is 0 Å². The van der Waals surface area contributed by atoms with Crippen LogP contribution in [0.5, 0.6) is 5.75 Å². The Bertz CT molecular complexity index is 677. The summed E-state index contributed by atoms with van der Waals surface area (Å²) in [6, 6.07) is 18.4. The number of nitrogens with zero attached hydrogens (tertiary/aromatic N) is 1. The molecule has 3 aromatic rings. The average Bonchev–Trinajstić information content (AvgIpc) is 2.47. The van der Waals surface area contributed by atoms with E-state index in [9.17, 15) is 0 Å². The van der Waals surface area contributed by atoms with Crippen LogP contribution in [0.4, 0.5) is 0 Å². The summed E-state index contributed by atoms with van der Waals surface area (Å²) in [5.41, 5.74) is 1.14. The molecule has 0 atom stereocenters. The van der Waals surface area contributed by atoms with Gasteiger partial charge in [-0.15, -0.1) is 0 Å². The Morgan fingerprint density at radius 3 is 2.50 bits per heavy atom. The van der Waals surface area contributed by atoms with Gasteiger partial charge in [0.15, 0.2) is 12.4 Å². The van der Waals surface area contributed by atoms with E-state index in [2.05, 4.69) is 41.2 Å². The molecule has 3 rings (SSSR count). The molecule has 0 aliphatic carbocycles. The van der Waals surface area contributed by atoms with Crippen molar-refractivity contribution in [3.63, 3.8) is 0 Å². The number of pyridine rings is 1. The number of benzene rings is 2. The van der Waals surface area contributed by atoms with Crippen LogP contribution in [0.2, 0.25) is 0 Å². The molecular weight excluding hydrogens is 222 g/mol. The molecule has 2 heteroatoms. The molecule has 0 aliphatic heterocycles. The number of fused-ring (bicyclic) bond motifs is 1. The summed E-state index contributed by atoms with van der Waals surface area (Å²) in [5.74, 6) is 0.901. The molecule has 1 heterocycles. The van der Waals surface area contributed by atoms with Gasteiger partial charge in [-0.25, -0.2) is 0 Å². The third kappa shape index (κ3) is 1.82. The quantitative estimate of drug-likeness (QED) is 0.623. The van der Waals surface area contributed by atoms with E-state index in [1.807, 2.05) is 30.3 Å². The Kier molecular flexibility index (Phi) is 2.69. The van der Waals surface area contributed by atoms with Crippen LogP contribution < -0.4 is 9.30 Å². The van der Waals surface area contributed by atoms with Crippen molar-refractivity contribution in [1.82, 2.24) is 0 Å². The van der Waals surface area contributed by atoms with Crippen LogP contribution >= 0.6 is 0 Å². The minimum atomic E-state index is 0.901. The van der Waals surface area contributed by atoms with Crippen LogP contribution in [0.15, 0.2) is 67.0 Å². The lowest BCUT2D eigenvalue weighted by Crippen LogP contribution is -2.29. The molecular formula is C16H14NO+. The van der Waals surface area contributed by atoms with Gasteiger partial charge in [0.1, 0.15) is 5.75 Å². The highest BCUT2D eigenvalue weighted by atomic mass is 16.5. The average molecular weight is 236 g/mol. The van der Waals surface area contributed by atoms with Gasteiger partial charge in [-0.2, -0.15) is 4.57 Å². The molecule has 0 saturated carbocycles. The Morgan fingerprint density at radius 2 is 1.72 bits per heavy atom. The lowest BCUT2D eigenvalue weighted by molar-refractivity contribution is -0.594. The maximum absolute atomic E-state index is 5.40. The van der Waals surface area contributed by atoms with Crippen LogP contribution in [-0.2, 0) is 0 Å². The van der Waals surface area contributed by atoms with E-state index in [-0.39, 0.29) is 0 Å². The number of para-hydroxylation sites is 1. The Hall–Kier alpha value is -2.35. The molecule has 1 aromatic heterocycles. The summed E-state index contributed by atoms with van der Waals surface area (Å²) < 4.78 is 7.51. The van der Waals surface area contributed by atoms with E-state index in [4.69, 9.17) is 4.74 Å². The maximum Gasteiger partial charge on any atom is 0.210 e. The van der Waals surface area contributed by atoms with Gasteiger partial charge in [0.25, 0.3) is 0 Å². The summed E-state index contributed by atoms with van der Waals surface area (Å²) in [7, 11) is 1.70. The smallest absolute Gasteiger partial charge is 0.210 e. The van der Waals surface area contributed by atoms with Crippen LogP contribution in [0, 0.1) is 0 Å². The van der Waals surface area contributed by atoms with E-state index >= 15 is 0 Å². The number of ether oxygens (including phenoxy) is 1. The monoisotopic (exact) mass is 236 g/mol. The third-order valence-electron chi connectivity index (χ3n) is 3.06. The van der Waals surface area contributed by atoms with E-state index in [0.717, 1.165) is 16.8 Å². The summed E-state index contributed by atoms with van der Waals surface area (Å²) in [6.45, 7) is 0. The van der Waals surface area contributed by atoms with Crippen LogP contribution in [0.3, 0.4) is 0 Å². The first-order chi connectivity index (χ1) is 8.88. The molecule has 18 heavy (non-hydrogen) atoms. The molecule has 0 unspecified atom stereocenters. The minimum absolute atomic E-state index is 0.901. The van der Waals surface area contributed by atoms with Crippen molar-refractivity contribution < 1.29 is 9.30 Å². The normalized spacial score (nSPS) is 10.5. The van der Waals surface area contributed by atoms with Crippen LogP contribution in [-0.4, -0.2) is 7.11 Å². The minimum Gasteiger partial charge on any atom is -0.496 e. The Labute approximate surface area is 106 Å². The van der Waals surface area contributed by atoms with Gasteiger partial charge in [0, 0.05) is 18.2 Å². The van der Waals surface area contributed by atoms with E-state index in [1.54, 1.807) is 7.11 Å². The summed E-state index contributed by atoms with van der Waals surface area (Å²) in [5, 5.41) is 2.30. The predicted molar refractivity (Wildman–Crippen MR) is 72.0 cm³/mol. The highest BCUT2D eigenvalue weighted by Gasteiger charge is 2.09. The molecule has 0 radical (unpaired) electrons. The number of rotatable bonds is 2. The van der Waals surface area contributed by atoms with Gasteiger partial charge in [-0.3, -0.25) is 0 Å². The van der Waals surface area contributed by atoms with Gasteiger partial charge in [0.05, 0.1) is 12.5 Å². The molecule has 0 N–H and O–H groups in total. The van der Waals surface area contributed by atoms with Gasteiger partial charge in [-0.1, -0.05) is 30.3 Å². The molecule has 88 valence electrons. The molecule has 0 fully saturated rings. The van der Waals surface area contributed by atoms with Crippen molar-refractivity contribution in [1.29, 1.82) is 0 Å². The van der Waals surface area contributed by atoms with E-state index in [1.165, 1.54) is 5.39 Å². The summed E-state index contributed by atoms with van der Waals surface area (Å²) >= 11 is 0. The van der Waals surface area contributed by atoms with Crippen molar-refractivity contribution >= 4 is 10.8 Å². The second-order valence-corrected chi connectivity index (χ2v) is 4.15. The first-order valence-electron chi connectivity index (χ1n) is 5.92. The SMILES string of the molecule is COc1cccc2cc[n+](-c3ccccc3)cc12. The first-order valence-corrected chi connectivity index (χ1v) is 5.92. The van der Waals surface area contributed by atoms with Crippen molar-refractivity contribution in [2.24, 2.45) is 0 Å². The molecule has 0 amide bonds. The lowest BCUT2D eigenvalue weighted by atomic mass is 10.1. The number of methoxy groups -OCH3 is 1. The van der Waals surface area contributed by atoms with Gasteiger partial charge in [-0.05, 0) is 11.5 Å². The second-order valence-electron chi connectivity index (χ2n) is 4.15. The van der Waals surface area contributed by atoms with Gasteiger partial charge in [0.2, 0.25) is 5.69 Å². The standard InChI is InChI=1S/C16H14NO/c1-18-16-9-5-6-13-10-11-17(12-15(13)16)14-7-3-2-4-8-14/h2-12H,1H3/q+1. The largest absolute Gasteiger partial charge is 0.496 e. The fourth-order valence-corrected chi connectivity index (χ4v) is 2.13. The molecule has 0 aliphatic rings. The molecule has 0 saturated heterocycles. The molecule has 2 aromatic carbocycles. The van der Waals surface area contributed by atoms with Gasteiger partial charge < -0.3 is 4.74 Å². The zero-order valence-corrected chi connectivity index (χ0v) is 10.2. The van der Waals surface area contributed by atoms with Crippen molar-refractivity contribution in [2.45, 2.75) is 0 Å². The first kappa shape index (κ1) is 10.8. The summed E-state index contributed by atoms with van der Waals surface area (Å²) in [4.78, 5) is 0.